The van der Waals surface area contributed by atoms with E-state index in [0.717, 1.165) is 18.9 Å². The molecule has 4 heteroatoms. The predicted molar refractivity (Wildman–Crippen MR) is 73.8 cm³/mol. The first-order valence-electron chi connectivity index (χ1n) is 6.34. The van der Waals surface area contributed by atoms with E-state index in [1.165, 1.54) is 25.7 Å². The van der Waals surface area contributed by atoms with Gasteiger partial charge in [0.1, 0.15) is 0 Å². The summed E-state index contributed by atoms with van der Waals surface area (Å²) in [6.45, 7) is 3.67. The van der Waals surface area contributed by atoms with Gasteiger partial charge in [-0.05, 0) is 19.3 Å². The van der Waals surface area contributed by atoms with Crippen LogP contribution in [0.2, 0.25) is 6.04 Å². The summed E-state index contributed by atoms with van der Waals surface area (Å²) in [5.74, 6) is 0. The molecular weight excluding hydrogens is 232 g/mol. The van der Waals surface area contributed by atoms with Gasteiger partial charge >= 0.3 is 8.80 Å². The molecule has 0 atom stereocenters. The standard InChI is InChI=1S/C13H27O3Si/c1-5-6-7-8-9-10-11-12-13-17(14-2,15-3)16-4/h5-6H,1,7-13H2,2-4H3. The Kier molecular flexibility index (Phi) is 10.9. The van der Waals surface area contributed by atoms with Crippen molar-refractivity contribution in [2.45, 2.75) is 44.6 Å². The van der Waals surface area contributed by atoms with Gasteiger partial charge in [-0.3, -0.25) is 0 Å². The Labute approximate surface area is 108 Å². The third-order valence-corrected chi connectivity index (χ3v) is 5.79. The average Bonchev–Trinajstić information content (AvgIpc) is 2.38. The molecule has 1 radical (unpaired) electrons. The highest BCUT2D eigenvalue weighted by Crippen LogP contribution is 2.18. The summed E-state index contributed by atoms with van der Waals surface area (Å²) in [7, 11) is 2.69. The molecule has 0 bridgehead atoms. The number of allylic oxidation sites excluding steroid dienone is 1. The van der Waals surface area contributed by atoms with Crippen molar-refractivity contribution in [3.8, 4) is 0 Å². The second-order valence-electron chi connectivity index (χ2n) is 4.07. The van der Waals surface area contributed by atoms with E-state index in [0.29, 0.717) is 0 Å². The van der Waals surface area contributed by atoms with Gasteiger partial charge in [-0.15, -0.1) is 6.58 Å². The van der Waals surface area contributed by atoms with E-state index < -0.39 is 8.80 Å². The Morgan fingerprint density at radius 3 is 1.94 bits per heavy atom. The minimum absolute atomic E-state index is 0.912. The lowest BCUT2D eigenvalue weighted by molar-refractivity contribution is 0.122. The Balaban J connectivity index is 3.46. The highest BCUT2D eigenvalue weighted by Gasteiger charge is 2.36. The first kappa shape index (κ1) is 16.8. The molecule has 17 heavy (non-hydrogen) atoms. The van der Waals surface area contributed by atoms with Gasteiger partial charge in [0, 0.05) is 27.4 Å². The van der Waals surface area contributed by atoms with Crippen LogP contribution in [0.4, 0.5) is 0 Å². The van der Waals surface area contributed by atoms with Gasteiger partial charge in [-0.2, -0.15) is 0 Å². The third-order valence-electron chi connectivity index (χ3n) is 2.95. The van der Waals surface area contributed by atoms with Gasteiger partial charge in [0.05, 0.1) is 0 Å². The monoisotopic (exact) mass is 259 g/mol. The second-order valence-corrected chi connectivity index (χ2v) is 7.16. The third kappa shape index (κ3) is 7.71. The first-order valence-corrected chi connectivity index (χ1v) is 8.27. The van der Waals surface area contributed by atoms with E-state index in [-0.39, 0.29) is 0 Å². The van der Waals surface area contributed by atoms with Crippen LogP contribution in [-0.4, -0.2) is 30.1 Å². The van der Waals surface area contributed by atoms with Gasteiger partial charge in [0.15, 0.2) is 0 Å². The van der Waals surface area contributed by atoms with E-state index in [4.69, 9.17) is 13.3 Å². The highest BCUT2D eigenvalue weighted by molar-refractivity contribution is 6.60. The fraction of sp³-hybridized carbons (Fsp3) is 0.769. The molecule has 0 aliphatic carbocycles. The largest absolute Gasteiger partial charge is 0.500 e. The number of hydrogen-bond acceptors (Lipinski definition) is 3. The Hall–Kier alpha value is -0.163. The first-order chi connectivity index (χ1) is 8.24. The Morgan fingerprint density at radius 1 is 0.882 bits per heavy atom. The van der Waals surface area contributed by atoms with Crippen LogP contribution in [0.3, 0.4) is 0 Å². The van der Waals surface area contributed by atoms with Crippen LogP contribution in [0.15, 0.2) is 12.7 Å². The maximum absolute atomic E-state index is 5.37. The lowest BCUT2D eigenvalue weighted by Gasteiger charge is -2.24. The lowest BCUT2D eigenvalue weighted by atomic mass is 10.1. The zero-order valence-electron chi connectivity index (χ0n) is 11.5. The van der Waals surface area contributed by atoms with Crippen LogP contribution in [0.1, 0.15) is 38.5 Å². The van der Waals surface area contributed by atoms with Crippen molar-refractivity contribution in [2.75, 3.05) is 21.3 Å². The van der Waals surface area contributed by atoms with Crippen molar-refractivity contribution in [1.82, 2.24) is 0 Å². The zero-order valence-corrected chi connectivity index (χ0v) is 12.5. The van der Waals surface area contributed by atoms with Crippen molar-refractivity contribution in [1.29, 1.82) is 0 Å². The maximum atomic E-state index is 5.37. The molecule has 3 nitrogen and oxygen atoms in total. The smallest absolute Gasteiger partial charge is 0.377 e. The highest BCUT2D eigenvalue weighted by atomic mass is 28.4. The maximum Gasteiger partial charge on any atom is 0.500 e. The fourth-order valence-electron chi connectivity index (χ4n) is 1.81. The summed E-state index contributed by atoms with van der Waals surface area (Å²) >= 11 is 0. The van der Waals surface area contributed by atoms with Crippen molar-refractivity contribution in [3.63, 3.8) is 0 Å². The molecule has 0 unspecified atom stereocenters. The molecule has 0 rings (SSSR count). The van der Waals surface area contributed by atoms with Gasteiger partial charge < -0.3 is 13.3 Å². The van der Waals surface area contributed by atoms with Gasteiger partial charge in [-0.1, -0.05) is 31.8 Å². The van der Waals surface area contributed by atoms with Crippen molar-refractivity contribution in [3.05, 3.63) is 19.1 Å². The SMILES string of the molecule is C=C[CH]CCCCCCC[Si](OC)(OC)OC. The van der Waals surface area contributed by atoms with E-state index in [1.54, 1.807) is 21.3 Å². The Bertz CT molecular complexity index is 173. The summed E-state index contributed by atoms with van der Waals surface area (Å²) in [6.07, 6.45) is 11.3. The summed E-state index contributed by atoms with van der Waals surface area (Å²) in [4.78, 5) is 0. The van der Waals surface area contributed by atoms with Crippen LogP contribution < -0.4 is 0 Å². The molecule has 0 aliphatic heterocycles. The quantitative estimate of drug-likeness (QED) is 0.396. The van der Waals surface area contributed by atoms with E-state index >= 15 is 0 Å². The molecule has 0 fully saturated rings. The summed E-state index contributed by atoms with van der Waals surface area (Å²) in [6, 6.07) is 0.912. The molecule has 0 saturated heterocycles. The van der Waals surface area contributed by atoms with Gasteiger partial charge in [0.25, 0.3) is 0 Å². The van der Waals surface area contributed by atoms with Crippen LogP contribution in [0.25, 0.3) is 0 Å². The zero-order chi connectivity index (χ0) is 13.0. The predicted octanol–water partition coefficient (Wildman–Crippen LogP) is 3.60. The minimum atomic E-state index is -2.32. The van der Waals surface area contributed by atoms with Crippen molar-refractivity contribution in [2.24, 2.45) is 0 Å². The van der Waals surface area contributed by atoms with Crippen LogP contribution >= 0.6 is 0 Å². The van der Waals surface area contributed by atoms with Crippen LogP contribution in [-0.2, 0) is 13.3 Å². The van der Waals surface area contributed by atoms with Gasteiger partial charge in [-0.25, -0.2) is 0 Å². The van der Waals surface area contributed by atoms with Gasteiger partial charge in [0.2, 0.25) is 0 Å². The topological polar surface area (TPSA) is 27.7 Å². The summed E-state index contributed by atoms with van der Waals surface area (Å²) in [5.41, 5.74) is 0. The van der Waals surface area contributed by atoms with Crippen molar-refractivity contribution >= 4 is 8.80 Å². The Morgan fingerprint density at radius 2 is 1.41 bits per heavy atom. The molecule has 0 aromatic heterocycles. The van der Waals surface area contributed by atoms with Crippen LogP contribution in [0, 0.1) is 6.42 Å². The normalized spacial score (nSPS) is 11.7. The van der Waals surface area contributed by atoms with Crippen molar-refractivity contribution < 1.29 is 13.3 Å². The number of unbranched alkanes of at least 4 members (excludes halogenated alkanes) is 6. The molecular formula is C13H27O3Si. The lowest BCUT2D eigenvalue weighted by Crippen LogP contribution is -2.42. The molecule has 0 heterocycles. The van der Waals surface area contributed by atoms with Crippen LogP contribution in [0.5, 0.6) is 0 Å². The second kappa shape index (κ2) is 11.0. The molecule has 0 aliphatic rings. The molecule has 101 valence electrons. The summed E-state index contributed by atoms with van der Waals surface area (Å²) in [5, 5.41) is 0. The fourth-order valence-corrected chi connectivity index (χ4v) is 3.60. The molecule has 0 spiro atoms. The molecule has 0 saturated carbocycles. The molecule has 0 N–H and O–H groups in total. The van der Waals surface area contributed by atoms with E-state index in [9.17, 15) is 0 Å². The molecule has 0 amide bonds. The van der Waals surface area contributed by atoms with E-state index in [1.807, 2.05) is 6.08 Å². The molecule has 0 aromatic rings. The number of hydrogen-bond donors (Lipinski definition) is 0. The minimum Gasteiger partial charge on any atom is -0.377 e. The number of rotatable bonds is 12. The average molecular weight is 259 g/mol. The van der Waals surface area contributed by atoms with E-state index in [2.05, 4.69) is 13.0 Å². The summed E-state index contributed by atoms with van der Waals surface area (Å²) < 4.78 is 16.1. The molecule has 0 aromatic carbocycles.